The van der Waals surface area contributed by atoms with Crippen LogP contribution >= 0.6 is 0 Å². The average Bonchev–Trinajstić information content (AvgIpc) is 3.02. The molecular formula is C16H20BN3O4. The second kappa shape index (κ2) is 5.72. The third kappa shape index (κ3) is 3.07. The van der Waals surface area contributed by atoms with Crippen LogP contribution in [-0.2, 0) is 15.9 Å². The van der Waals surface area contributed by atoms with E-state index in [1.54, 1.807) is 23.0 Å². The summed E-state index contributed by atoms with van der Waals surface area (Å²) in [6.45, 7) is 8.45. The van der Waals surface area contributed by atoms with Crippen molar-refractivity contribution in [3.8, 4) is 0 Å². The summed E-state index contributed by atoms with van der Waals surface area (Å²) in [6, 6.07) is 6.54. The zero-order valence-electron chi connectivity index (χ0n) is 14.2. The van der Waals surface area contributed by atoms with Crippen LogP contribution in [0.4, 0.5) is 5.69 Å². The molecule has 0 radical (unpaired) electrons. The van der Waals surface area contributed by atoms with Gasteiger partial charge in [0.2, 0.25) is 0 Å². The zero-order valence-corrected chi connectivity index (χ0v) is 14.2. The van der Waals surface area contributed by atoms with Crippen molar-refractivity contribution in [2.75, 3.05) is 0 Å². The molecule has 1 saturated heterocycles. The fraction of sp³-hybridized carbons (Fsp3) is 0.438. The molecule has 1 aromatic carbocycles. The molecule has 1 fully saturated rings. The van der Waals surface area contributed by atoms with Crippen molar-refractivity contribution in [3.05, 3.63) is 52.3 Å². The van der Waals surface area contributed by atoms with E-state index >= 15 is 0 Å². The first-order valence-corrected chi connectivity index (χ1v) is 7.79. The highest BCUT2D eigenvalue weighted by Gasteiger charge is 2.52. The lowest BCUT2D eigenvalue weighted by Crippen LogP contribution is -2.41. The van der Waals surface area contributed by atoms with Crippen molar-refractivity contribution < 1.29 is 14.2 Å². The Balaban J connectivity index is 1.75. The van der Waals surface area contributed by atoms with E-state index < -0.39 is 23.2 Å². The molecule has 1 aliphatic rings. The number of hydrogen-bond donors (Lipinski definition) is 0. The molecule has 1 aliphatic heterocycles. The lowest BCUT2D eigenvalue weighted by Gasteiger charge is -2.32. The van der Waals surface area contributed by atoms with Gasteiger partial charge in [-0.25, -0.2) is 0 Å². The van der Waals surface area contributed by atoms with E-state index in [1.165, 1.54) is 6.07 Å². The summed E-state index contributed by atoms with van der Waals surface area (Å²) in [5.74, 6) is 0. The Morgan fingerprint density at radius 1 is 1.25 bits per heavy atom. The van der Waals surface area contributed by atoms with Crippen molar-refractivity contribution in [1.29, 1.82) is 0 Å². The molecular weight excluding hydrogens is 309 g/mol. The first kappa shape index (κ1) is 16.7. The van der Waals surface area contributed by atoms with Crippen molar-refractivity contribution in [2.24, 2.45) is 0 Å². The number of benzene rings is 1. The van der Waals surface area contributed by atoms with Crippen LogP contribution in [0.15, 0.2) is 36.7 Å². The Labute approximate surface area is 140 Å². The van der Waals surface area contributed by atoms with Crippen LogP contribution in [0.5, 0.6) is 0 Å². The van der Waals surface area contributed by atoms with Crippen LogP contribution in [-0.4, -0.2) is 33.0 Å². The predicted octanol–water partition coefficient (Wildman–Crippen LogP) is 2.14. The third-order valence-corrected chi connectivity index (χ3v) is 4.64. The van der Waals surface area contributed by atoms with Gasteiger partial charge in [0.05, 0.1) is 22.7 Å². The van der Waals surface area contributed by atoms with E-state index in [1.807, 2.05) is 40.0 Å². The molecule has 0 unspecified atom stereocenters. The monoisotopic (exact) mass is 329 g/mol. The molecule has 0 saturated carbocycles. The predicted molar refractivity (Wildman–Crippen MR) is 90.1 cm³/mol. The molecule has 0 bridgehead atoms. The molecule has 0 amide bonds. The van der Waals surface area contributed by atoms with E-state index in [0.717, 1.165) is 11.0 Å². The van der Waals surface area contributed by atoms with Crippen LogP contribution in [0.3, 0.4) is 0 Å². The Kier molecular flexibility index (Phi) is 3.97. The molecule has 0 spiro atoms. The summed E-state index contributed by atoms with van der Waals surface area (Å²) in [5.41, 5.74) is 0.914. The van der Waals surface area contributed by atoms with Crippen molar-refractivity contribution in [2.45, 2.75) is 45.4 Å². The minimum atomic E-state index is -0.464. The van der Waals surface area contributed by atoms with Gasteiger partial charge < -0.3 is 9.31 Å². The largest absolute Gasteiger partial charge is 0.498 e. The van der Waals surface area contributed by atoms with Crippen LogP contribution in [0.25, 0.3) is 0 Å². The maximum Gasteiger partial charge on any atom is 0.498 e. The minimum absolute atomic E-state index is 0.0749. The molecule has 0 N–H and O–H groups in total. The fourth-order valence-electron chi connectivity index (χ4n) is 2.52. The molecule has 7 nitrogen and oxygen atoms in total. The number of nitrogens with zero attached hydrogens (tertiary/aromatic N) is 3. The lowest BCUT2D eigenvalue weighted by atomic mass is 9.82. The number of non-ortho nitro benzene ring substituents is 1. The van der Waals surface area contributed by atoms with Gasteiger partial charge in [0, 0.05) is 30.0 Å². The van der Waals surface area contributed by atoms with Gasteiger partial charge in [-0.3, -0.25) is 14.8 Å². The van der Waals surface area contributed by atoms with Gasteiger partial charge in [-0.2, -0.15) is 5.10 Å². The Hall–Kier alpha value is -2.19. The van der Waals surface area contributed by atoms with Gasteiger partial charge in [-0.15, -0.1) is 0 Å². The van der Waals surface area contributed by atoms with Crippen LogP contribution < -0.4 is 5.46 Å². The second-order valence-corrected chi connectivity index (χ2v) is 6.99. The highest BCUT2D eigenvalue weighted by atomic mass is 16.7. The summed E-state index contributed by atoms with van der Waals surface area (Å²) in [4.78, 5) is 10.5. The number of hydrogen-bond acceptors (Lipinski definition) is 5. The van der Waals surface area contributed by atoms with E-state index in [2.05, 4.69) is 5.10 Å². The maximum absolute atomic E-state index is 10.9. The fourth-order valence-corrected chi connectivity index (χ4v) is 2.52. The van der Waals surface area contributed by atoms with Gasteiger partial charge in [0.25, 0.3) is 5.69 Å². The molecule has 126 valence electrons. The minimum Gasteiger partial charge on any atom is -0.399 e. The van der Waals surface area contributed by atoms with E-state index in [-0.39, 0.29) is 5.69 Å². The number of nitro groups is 1. The quantitative estimate of drug-likeness (QED) is 0.488. The summed E-state index contributed by atoms with van der Waals surface area (Å²) < 4.78 is 13.7. The molecule has 24 heavy (non-hydrogen) atoms. The number of rotatable bonds is 4. The molecule has 2 aromatic rings. The molecule has 3 rings (SSSR count). The van der Waals surface area contributed by atoms with E-state index in [4.69, 9.17) is 9.31 Å². The van der Waals surface area contributed by atoms with E-state index in [0.29, 0.717) is 6.54 Å². The topological polar surface area (TPSA) is 79.4 Å². The summed E-state index contributed by atoms with van der Waals surface area (Å²) in [7, 11) is -0.464. The smallest absolute Gasteiger partial charge is 0.399 e. The maximum atomic E-state index is 10.9. The van der Waals surface area contributed by atoms with Gasteiger partial charge in [-0.1, -0.05) is 12.1 Å². The number of aromatic nitrogens is 2. The summed E-state index contributed by atoms with van der Waals surface area (Å²) >= 11 is 0. The first-order chi connectivity index (χ1) is 11.2. The lowest BCUT2D eigenvalue weighted by molar-refractivity contribution is -0.384. The SMILES string of the molecule is CC1(C)OB(c2cnn(Cc3cccc([N+](=O)[O-])c3)c2)OC1(C)C. The van der Waals surface area contributed by atoms with Crippen LogP contribution in [0, 0.1) is 10.1 Å². The first-order valence-electron chi connectivity index (χ1n) is 7.79. The standard InChI is InChI=1S/C16H20BN3O4/c1-15(2)16(3,4)24-17(23-15)13-9-18-19(11-13)10-12-6-5-7-14(8-12)20(21)22/h5-9,11H,10H2,1-4H3. The van der Waals surface area contributed by atoms with Crippen molar-refractivity contribution in [1.82, 2.24) is 9.78 Å². The molecule has 2 heterocycles. The number of nitro benzene ring substituents is 1. The Morgan fingerprint density at radius 3 is 2.54 bits per heavy atom. The Bertz CT molecular complexity index is 756. The second-order valence-electron chi connectivity index (χ2n) is 6.99. The molecule has 8 heteroatoms. The zero-order chi connectivity index (χ0) is 17.5. The van der Waals surface area contributed by atoms with Crippen molar-refractivity contribution >= 4 is 18.3 Å². The third-order valence-electron chi connectivity index (χ3n) is 4.64. The summed E-state index contributed by atoms with van der Waals surface area (Å²) in [6.07, 6.45) is 3.56. The molecule has 1 aromatic heterocycles. The highest BCUT2D eigenvalue weighted by molar-refractivity contribution is 6.61. The van der Waals surface area contributed by atoms with Crippen LogP contribution in [0.2, 0.25) is 0 Å². The summed E-state index contributed by atoms with van der Waals surface area (Å²) in [5, 5.41) is 15.2. The van der Waals surface area contributed by atoms with Gasteiger partial charge >= 0.3 is 7.12 Å². The van der Waals surface area contributed by atoms with E-state index in [9.17, 15) is 10.1 Å². The highest BCUT2D eigenvalue weighted by Crippen LogP contribution is 2.36. The normalized spacial score (nSPS) is 18.8. The van der Waals surface area contributed by atoms with Crippen LogP contribution in [0.1, 0.15) is 33.3 Å². The Morgan fingerprint density at radius 2 is 1.92 bits per heavy atom. The molecule has 0 aliphatic carbocycles. The molecule has 0 atom stereocenters. The van der Waals surface area contributed by atoms with Gasteiger partial charge in [0.1, 0.15) is 0 Å². The average molecular weight is 329 g/mol. The van der Waals surface area contributed by atoms with Crippen molar-refractivity contribution in [3.63, 3.8) is 0 Å². The van der Waals surface area contributed by atoms with Gasteiger partial charge in [-0.05, 0) is 33.3 Å². The van der Waals surface area contributed by atoms with Gasteiger partial charge in [0.15, 0.2) is 0 Å².